The monoisotopic (exact) mass is 312 g/mol. The maximum atomic E-state index is 13.1. The summed E-state index contributed by atoms with van der Waals surface area (Å²) in [7, 11) is 0. The molecule has 0 spiro atoms. The standard InChI is InChI=1S/C15H17FN2O2.ClH/c1-2-14(19)18-7-5-10(6-8-18)15-12-4-3-11(16)9-13(12)20-17-15;/h3-4,9-10H,2,5-8H2,1H3;1H. The van der Waals surface area contributed by atoms with Gasteiger partial charge in [0.1, 0.15) is 5.82 Å². The summed E-state index contributed by atoms with van der Waals surface area (Å²) in [5.74, 6) is 0.168. The molecule has 114 valence electrons. The average molecular weight is 313 g/mol. The Kier molecular flexibility index (Phi) is 4.83. The third-order valence-corrected chi connectivity index (χ3v) is 4.00. The lowest BCUT2D eigenvalue weighted by Gasteiger charge is -2.31. The van der Waals surface area contributed by atoms with E-state index in [9.17, 15) is 9.18 Å². The molecule has 0 saturated carbocycles. The van der Waals surface area contributed by atoms with Crippen molar-refractivity contribution >= 4 is 29.3 Å². The van der Waals surface area contributed by atoms with Crippen LogP contribution < -0.4 is 0 Å². The zero-order valence-electron chi connectivity index (χ0n) is 11.8. The van der Waals surface area contributed by atoms with E-state index in [0.29, 0.717) is 12.0 Å². The van der Waals surface area contributed by atoms with Crippen LogP contribution in [0.25, 0.3) is 11.0 Å². The number of carbonyl (C=O) groups excluding carboxylic acids is 1. The van der Waals surface area contributed by atoms with Gasteiger partial charge in [-0.1, -0.05) is 12.1 Å². The number of carbonyl (C=O) groups is 1. The Morgan fingerprint density at radius 2 is 2.14 bits per heavy atom. The molecule has 2 aromatic rings. The molecular formula is C15H18ClFN2O2. The van der Waals surface area contributed by atoms with E-state index in [0.717, 1.165) is 37.0 Å². The topological polar surface area (TPSA) is 46.3 Å². The number of piperidine rings is 1. The van der Waals surface area contributed by atoms with Gasteiger partial charge in [-0.25, -0.2) is 4.39 Å². The van der Waals surface area contributed by atoms with Crippen LogP contribution in [0.1, 0.15) is 37.8 Å². The third-order valence-electron chi connectivity index (χ3n) is 4.00. The number of hydrogen-bond acceptors (Lipinski definition) is 3. The Bertz CT molecular complexity index is 636. The number of likely N-dealkylation sites (tertiary alicyclic amines) is 1. The molecule has 1 saturated heterocycles. The number of amides is 1. The van der Waals surface area contributed by atoms with Crippen LogP contribution in [0.5, 0.6) is 0 Å². The molecule has 1 aliphatic heterocycles. The molecule has 3 rings (SSSR count). The van der Waals surface area contributed by atoms with Crippen molar-refractivity contribution in [3.63, 3.8) is 0 Å². The Balaban J connectivity index is 0.00000161. The molecule has 0 N–H and O–H groups in total. The first-order chi connectivity index (χ1) is 9.69. The summed E-state index contributed by atoms with van der Waals surface area (Å²) in [5.41, 5.74) is 1.38. The highest BCUT2D eigenvalue weighted by molar-refractivity contribution is 5.85. The Morgan fingerprint density at radius 1 is 1.43 bits per heavy atom. The SMILES string of the molecule is CCC(=O)N1CCC(c2noc3cc(F)ccc23)CC1.Cl. The van der Waals surface area contributed by atoms with Gasteiger partial charge in [0, 0.05) is 36.9 Å². The van der Waals surface area contributed by atoms with E-state index >= 15 is 0 Å². The average Bonchev–Trinajstić information content (AvgIpc) is 2.89. The number of fused-ring (bicyclic) bond motifs is 1. The maximum absolute atomic E-state index is 13.1. The van der Waals surface area contributed by atoms with E-state index in [1.54, 1.807) is 6.07 Å². The Morgan fingerprint density at radius 3 is 2.81 bits per heavy atom. The van der Waals surface area contributed by atoms with Crippen LogP contribution in [0, 0.1) is 5.82 Å². The number of nitrogens with zero attached hydrogens (tertiary/aromatic N) is 2. The lowest BCUT2D eigenvalue weighted by molar-refractivity contribution is -0.131. The first kappa shape index (κ1) is 15.8. The summed E-state index contributed by atoms with van der Waals surface area (Å²) in [5, 5.41) is 4.99. The van der Waals surface area contributed by atoms with Crippen molar-refractivity contribution in [1.82, 2.24) is 10.1 Å². The molecule has 2 heterocycles. The second-order valence-corrected chi connectivity index (χ2v) is 5.22. The molecule has 0 unspecified atom stereocenters. The van der Waals surface area contributed by atoms with Gasteiger partial charge >= 0.3 is 0 Å². The van der Waals surface area contributed by atoms with Gasteiger partial charge in [0.05, 0.1) is 5.69 Å². The fourth-order valence-electron chi connectivity index (χ4n) is 2.85. The van der Waals surface area contributed by atoms with Crippen LogP contribution in [0.3, 0.4) is 0 Å². The van der Waals surface area contributed by atoms with Crippen LogP contribution >= 0.6 is 12.4 Å². The van der Waals surface area contributed by atoms with Crippen molar-refractivity contribution in [2.75, 3.05) is 13.1 Å². The predicted octanol–water partition coefficient (Wildman–Crippen LogP) is 3.50. The molecule has 1 amide bonds. The molecule has 6 heteroatoms. The highest BCUT2D eigenvalue weighted by atomic mass is 35.5. The van der Waals surface area contributed by atoms with Gasteiger partial charge < -0.3 is 9.42 Å². The lowest BCUT2D eigenvalue weighted by atomic mass is 9.91. The first-order valence-electron chi connectivity index (χ1n) is 7.01. The van der Waals surface area contributed by atoms with Crippen LogP contribution in [0.4, 0.5) is 4.39 Å². The maximum Gasteiger partial charge on any atom is 0.222 e. The second kappa shape index (κ2) is 6.43. The first-order valence-corrected chi connectivity index (χ1v) is 7.01. The summed E-state index contributed by atoms with van der Waals surface area (Å²) < 4.78 is 18.3. The number of halogens is 2. The number of hydrogen-bond donors (Lipinski definition) is 0. The van der Waals surface area contributed by atoms with Gasteiger partial charge in [-0.05, 0) is 25.0 Å². The van der Waals surface area contributed by atoms with Crippen LogP contribution in [0.15, 0.2) is 22.7 Å². The van der Waals surface area contributed by atoms with Crippen molar-refractivity contribution in [3.8, 4) is 0 Å². The van der Waals surface area contributed by atoms with Gasteiger partial charge in [-0.2, -0.15) is 0 Å². The normalized spacial score (nSPS) is 16.0. The molecule has 0 aliphatic carbocycles. The Hall–Kier alpha value is -1.62. The number of rotatable bonds is 2. The highest BCUT2D eigenvalue weighted by Gasteiger charge is 2.26. The molecular weight excluding hydrogens is 295 g/mol. The molecule has 1 fully saturated rings. The van der Waals surface area contributed by atoms with Gasteiger partial charge in [0.15, 0.2) is 5.58 Å². The fraction of sp³-hybridized carbons (Fsp3) is 0.467. The smallest absolute Gasteiger partial charge is 0.222 e. The lowest BCUT2D eigenvalue weighted by Crippen LogP contribution is -2.37. The van der Waals surface area contributed by atoms with Gasteiger partial charge in [0.25, 0.3) is 0 Å². The van der Waals surface area contributed by atoms with E-state index in [1.165, 1.54) is 12.1 Å². The van der Waals surface area contributed by atoms with Crippen LogP contribution in [-0.2, 0) is 4.79 Å². The molecule has 0 atom stereocenters. The summed E-state index contributed by atoms with van der Waals surface area (Å²) in [6, 6.07) is 4.51. The number of benzene rings is 1. The summed E-state index contributed by atoms with van der Waals surface area (Å²) in [6.07, 6.45) is 2.31. The zero-order chi connectivity index (χ0) is 14.1. The quantitative estimate of drug-likeness (QED) is 0.852. The number of aromatic nitrogens is 1. The highest BCUT2D eigenvalue weighted by Crippen LogP contribution is 2.32. The van der Waals surface area contributed by atoms with E-state index < -0.39 is 0 Å². The van der Waals surface area contributed by atoms with Crippen molar-refractivity contribution < 1.29 is 13.7 Å². The molecule has 1 aromatic carbocycles. The minimum atomic E-state index is -0.316. The van der Waals surface area contributed by atoms with Crippen molar-refractivity contribution in [1.29, 1.82) is 0 Å². The fourth-order valence-corrected chi connectivity index (χ4v) is 2.85. The molecule has 1 aliphatic rings. The van der Waals surface area contributed by atoms with Crippen molar-refractivity contribution in [2.24, 2.45) is 0 Å². The van der Waals surface area contributed by atoms with Crippen molar-refractivity contribution in [2.45, 2.75) is 32.1 Å². The minimum absolute atomic E-state index is 0. The molecule has 21 heavy (non-hydrogen) atoms. The summed E-state index contributed by atoms with van der Waals surface area (Å²) in [4.78, 5) is 13.6. The largest absolute Gasteiger partial charge is 0.356 e. The minimum Gasteiger partial charge on any atom is -0.356 e. The molecule has 4 nitrogen and oxygen atoms in total. The predicted molar refractivity (Wildman–Crippen MR) is 80.1 cm³/mol. The second-order valence-electron chi connectivity index (χ2n) is 5.22. The van der Waals surface area contributed by atoms with E-state index in [2.05, 4.69) is 5.16 Å². The molecule has 1 aromatic heterocycles. The van der Waals surface area contributed by atoms with Crippen LogP contribution in [-0.4, -0.2) is 29.1 Å². The van der Waals surface area contributed by atoms with E-state index in [1.807, 2.05) is 11.8 Å². The van der Waals surface area contributed by atoms with Crippen molar-refractivity contribution in [3.05, 3.63) is 29.7 Å². The van der Waals surface area contributed by atoms with E-state index in [4.69, 9.17) is 4.52 Å². The summed E-state index contributed by atoms with van der Waals surface area (Å²) >= 11 is 0. The summed E-state index contributed by atoms with van der Waals surface area (Å²) in [6.45, 7) is 3.40. The molecule has 0 bridgehead atoms. The third kappa shape index (κ3) is 3.02. The zero-order valence-corrected chi connectivity index (χ0v) is 12.7. The van der Waals surface area contributed by atoms with Gasteiger partial charge in [-0.15, -0.1) is 12.4 Å². The van der Waals surface area contributed by atoms with Crippen LogP contribution in [0.2, 0.25) is 0 Å². The van der Waals surface area contributed by atoms with Gasteiger partial charge in [0.2, 0.25) is 5.91 Å². The van der Waals surface area contributed by atoms with E-state index in [-0.39, 0.29) is 30.0 Å². The molecule has 0 radical (unpaired) electrons. The Labute approximate surface area is 128 Å². The van der Waals surface area contributed by atoms with Gasteiger partial charge in [-0.3, -0.25) is 4.79 Å².